The molecule has 6 aliphatic heterocycles. The van der Waals surface area contributed by atoms with Gasteiger partial charge in [-0.05, 0) is 133 Å². The summed E-state index contributed by atoms with van der Waals surface area (Å²) < 4.78 is 3.95. The molecular weight excluding hydrogens is 1450 g/mol. The van der Waals surface area contributed by atoms with Crippen LogP contribution in [0, 0.1) is 41.5 Å². The molecule has 14 rings (SSSR count). The molecule has 26 nitrogen and oxygen atoms in total. The van der Waals surface area contributed by atoms with Crippen molar-refractivity contribution in [1.29, 1.82) is 0 Å². The monoisotopic (exact) mass is 1530 g/mol. The van der Waals surface area contributed by atoms with E-state index < -0.39 is 42.0 Å². The van der Waals surface area contributed by atoms with Gasteiger partial charge < -0.3 is 30.9 Å². The van der Waals surface area contributed by atoms with Crippen molar-refractivity contribution in [3.05, 3.63) is 184 Å². The number of aliphatic imine (C=N–C) groups is 2. The Kier molecular flexibility index (Phi) is 25.2. The predicted octanol–water partition coefficient (Wildman–Crippen LogP) is 12.4. The molecule has 4 atom stereocenters. The lowest BCUT2D eigenvalue weighted by Crippen LogP contribution is -2.52. The fourth-order valence-corrected chi connectivity index (χ4v) is 16.4. The number of unbranched alkanes of at least 4 members (excludes halogenated alkanes) is 3. The summed E-state index contributed by atoms with van der Waals surface area (Å²) in [6.45, 7) is 14.9. The standard InChI is InChI=1S/C37H37ClN8O5S.C19H17ClN4O2S.C19H23N3O4.2CH4/c1-19-20(2)52-37-32(19)33(22-10-12-23(38)13-11-22)41-27(34-44-43-21(3)46(34)37)17-31(49)39-16-5-4-9-29(47)40-26-8-6-7-24-25(26)18-45(36(24)51)28-14-15-30(48)42-35(28)50;1-9-10(2)27-19-16(9)17(12-4-6-13(20)7-5-12)21-14(8-15(25)26)18-23-22-11(3)24(18)19;1-2-3-4-8-16(23)20-14-7-5-6-12-13(14)11-22(19(12)26)15-9-10-17(24)21-18(15)25;;/h6-8,10-13,27-28H,4-5,9,14-18H2,1-3H3,(H,39,49)(H,40,47)(H,42,48,50);4-7,14H,8H2,1-3H3,(H,25,26);5-7,15H,2-4,8-11H2,1H3,(H,20,23)(H,21,24,25);2*1H4/t27-,28?;14-;;;/m00.../s1. The molecule has 9 amide bonds. The fraction of sp³-hybridized carbons (Fsp3) is 0.377. The summed E-state index contributed by atoms with van der Waals surface area (Å²) in [5, 5.41) is 43.3. The number of carbonyl (C=O) groups excluding carboxylic acids is 9. The molecule has 107 heavy (non-hydrogen) atoms. The van der Waals surface area contributed by atoms with E-state index in [0.29, 0.717) is 87.8 Å². The third-order valence-electron chi connectivity index (χ3n) is 19.3. The first-order valence-corrected chi connectivity index (χ1v) is 37.1. The first-order chi connectivity index (χ1) is 50.4. The number of rotatable bonds is 19. The smallest absolute Gasteiger partial charge is 0.306 e. The van der Waals surface area contributed by atoms with E-state index in [1.165, 1.54) is 14.7 Å². The van der Waals surface area contributed by atoms with Gasteiger partial charge in [0, 0.05) is 121 Å². The molecule has 2 unspecified atom stereocenters. The number of aromatic nitrogens is 6. The van der Waals surface area contributed by atoms with Crippen molar-refractivity contribution < 1.29 is 53.1 Å². The van der Waals surface area contributed by atoms with Gasteiger partial charge in [-0.25, -0.2) is 0 Å². The largest absolute Gasteiger partial charge is 0.481 e. The Hall–Kier alpha value is -10.4. The van der Waals surface area contributed by atoms with E-state index in [1.54, 1.807) is 59.1 Å². The van der Waals surface area contributed by atoms with Gasteiger partial charge in [-0.15, -0.1) is 43.1 Å². The molecule has 8 aromatic rings. The second-order valence-corrected chi connectivity index (χ2v) is 29.7. The number of imide groups is 2. The number of thiophene rings is 2. The highest BCUT2D eigenvalue weighted by atomic mass is 35.5. The number of amides is 9. The van der Waals surface area contributed by atoms with Gasteiger partial charge >= 0.3 is 5.97 Å². The quantitative estimate of drug-likeness (QED) is 0.0324. The number of benzene rings is 4. The summed E-state index contributed by atoms with van der Waals surface area (Å²) in [4.78, 5) is 138. The lowest BCUT2D eigenvalue weighted by molar-refractivity contribution is -0.138. The summed E-state index contributed by atoms with van der Waals surface area (Å²) in [5.74, 6) is -0.939. The second kappa shape index (κ2) is 34.0. The Morgan fingerprint density at radius 2 is 0.972 bits per heavy atom. The number of carboxylic acid groups (broad SMARTS) is 1. The summed E-state index contributed by atoms with van der Waals surface area (Å²) in [7, 11) is 0. The predicted molar refractivity (Wildman–Crippen MR) is 410 cm³/mol. The minimum atomic E-state index is -0.926. The molecule has 0 bridgehead atoms. The number of anilines is 2. The van der Waals surface area contributed by atoms with Crippen molar-refractivity contribution in [3.63, 3.8) is 0 Å². The van der Waals surface area contributed by atoms with Crippen molar-refractivity contribution in [2.75, 3.05) is 17.2 Å². The molecular formula is C77H85Cl2N15O11S2. The summed E-state index contributed by atoms with van der Waals surface area (Å²) in [6.07, 6.45) is 5.52. The number of carbonyl (C=O) groups is 10. The summed E-state index contributed by atoms with van der Waals surface area (Å²) in [5.41, 5.74) is 11.0. The first kappa shape index (κ1) is 79.2. The third-order valence-corrected chi connectivity index (χ3v) is 22.2. The summed E-state index contributed by atoms with van der Waals surface area (Å²) >= 11 is 15.6. The molecule has 0 saturated carbocycles. The maximum absolute atomic E-state index is 13.3. The van der Waals surface area contributed by atoms with E-state index in [0.717, 1.165) is 90.3 Å². The van der Waals surface area contributed by atoms with Crippen LogP contribution in [0.3, 0.4) is 0 Å². The van der Waals surface area contributed by atoms with Crippen molar-refractivity contribution in [2.24, 2.45) is 9.98 Å². The topological polar surface area (TPSA) is 344 Å². The number of nitrogens with one attached hydrogen (secondary N) is 5. The van der Waals surface area contributed by atoms with Gasteiger partial charge in [-0.1, -0.05) is 94.2 Å². The van der Waals surface area contributed by atoms with Crippen LogP contribution >= 0.6 is 45.9 Å². The Morgan fingerprint density at radius 3 is 1.38 bits per heavy atom. The molecule has 4 aromatic heterocycles. The molecule has 30 heteroatoms. The van der Waals surface area contributed by atoms with E-state index in [2.05, 4.69) is 81.6 Å². The lowest BCUT2D eigenvalue weighted by Gasteiger charge is -2.29. The van der Waals surface area contributed by atoms with Gasteiger partial charge in [0.25, 0.3) is 11.8 Å². The van der Waals surface area contributed by atoms with Crippen molar-refractivity contribution in [1.82, 2.24) is 55.3 Å². The first-order valence-electron chi connectivity index (χ1n) is 34.7. The highest BCUT2D eigenvalue weighted by Gasteiger charge is 2.43. The fourth-order valence-electron chi connectivity index (χ4n) is 13.7. The minimum Gasteiger partial charge on any atom is -0.481 e. The molecule has 10 heterocycles. The zero-order valence-corrected chi connectivity index (χ0v) is 61.9. The highest BCUT2D eigenvalue weighted by Crippen LogP contribution is 2.43. The van der Waals surface area contributed by atoms with Crippen molar-refractivity contribution in [3.8, 4) is 10.0 Å². The Morgan fingerprint density at radius 1 is 0.551 bits per heavy atom. The Bertz CT molecular complexity index is 4900. The van der Waals surface area contributed by atoms with Crippen LogP contribution in [0.1, 0.15) is 216 Å². The number of hydrogen-bond acceptors (Lipinski definition) is 18. The van der Waals surface area contributed by atoms with Crippen LogP contribution in [0.2, 0.25) is 10.0 Å². The van der Waals surface area contributed by atoms with Crippen LogP contribution in [0.4, 0.5) is 11.4 Å². The molecule has 560 valence electrons. The molecule has 2 fully saturated rings. The van der Waals surface area contributed by atoms with Gasteiger partial charge in [-0.3, -0.25) is 77.7 Å². The molecule has 0 radical (unpaired) electrons. The van der Waals surface area contributed by atoms with Crippen LogP contribution in [0.15, 0.2) is 94.9 Å². The van der Waals surface area contributed by atoms with Gasteiger partial charge in [-0.2, -0.15) is 0 Å². The minimum absolute atomic E-state index is 0. The average molecular weight is 1530 g/mol. The molecule has 6 aliphatic rings. The zero-order valence-electron chi connectivity index (χ0n) is 58.8. The molecule has 0 spiro atoms. The van der Waals surface area contributed by atoms with Crippen molar-refractivity contribution >= 4 is 128 Å². The number of halogens is 2. The molecule has 0 aliphatic carbocycles. The van der Waals surface area contributed by atoms with Crippen LogP contribution < -0.4 is 26.6 Å². The number of piperidine rings is 2. The van der Waals surface area contributed by atoms with Gasteiger partial charge in [0.1, 0.15) is 45.8 Å². The van der Waals surface area contributed by atoms with E-state index in [4.69, 9.17) is 33.2 Å². The van der Waals surface area contributed by atoms with E-state index in [-0.39, 0.29) is 108 Å². The van der Waals surface area contributed by atoms with Gasteiger partial charge in [0.05, 0.1) is 24.3 Å². The molecule has 4 aromatic carbocycles. The maximum atomic E-state index is 13.3. The second-order valence-electron chi connectivity index (χ2n) is 26.4. The molecule has 2 saturated heterocycles. The van der Waals surface area contributed by atoms with E-state index >= 15 is 0 Å². The van der Waals surface area contributed by atoms with Crippen LogP contribution in [0.5, 0.6) is 0 Å². The van der Waals surface area contributed by atoms with Crippen LogP contribution in [-0.2, 0) is 51.4 Å². The van der Waals surface area contributed by atoms with Crippen LogP contribution in [-0.4, -0.2) is 134 Å². The number of aryl methyl sites for hydroxylation is 4. The number of aliphatic carboxylic acids is 1. The maximum Gasteiger partial charge on any atom is 0.306 e. The number of carboxylic acids is 1. The Balaban J connectivity index is 0.000000187. The van der Waals surface area contributed by atoms with Crippen molar-refractivity contribution in [2.45, 2.75) is 184 Å². The Labute approximate surface area is 637 Å². The van der Waals surface area contributed by atoms with Crippen LogP contribution in [0.25, 0.3) is 10.0 Å². The normalized spacial score (nSPS) is 17.4. The summed E-state index contributed by atoms with van der Waals surface area (Å²) in [6, 6.07) is 22.7. The van der Waals surface area contributed by atoms with E-state index in [1.807, 2.05) is 71.5 Å². The van der Waals surface area contributed by atoms with E-state index in [9.17, 15) is 53.1 Å². The van der Waals surface area contributed by atoms with Gasteiger partial charge in [0.2, 0.25) is 41.4 Å². The SMILES string of the molecule is C.C.CCCCCC(=O)Nc1cccc2c1CN(C1CCC(=O)NC1=O)C2=O.Cc1sc2c(c1C)C(c1ccc(Cl)cc1)=N[C@@H](CC(=O)NCCCCC(=O)Nc1cccc3c1CN(C1CCC(=O)NC1=O)C3=O)c1nnc(C)n1-2.Cc1sc2c(c1C)C(c1ccc(Cl)cc1)=N[C@@H](CC(=O)O)c1nnc(C)n1-2. The average Bonchev–Trinajstić information content (AvgIpc) is 1.60. The lowest BCUT2D eigenvalue weighted by atomic mass is 9.99. The molecule has 6 N–H and O–H groups in total. The number of nitrogens with zero attached hydrogens (tertiary/aromatic N) is 10. The zero-order chi connectivity index (χ0) is 74.7. The highest BCUT2D eigenvalue weighted by molar-refractivity contribution is 7.15. The third kappa shape index (κ3) is 16.9. The van der Waals surface area contributed by atoms with Gasteiger partial charge in [0.15, 0.2) is 11.6 Å². The number of fused-ring (bicyclic) bond motifs is 8. The number of hydrogen-bond donors (Lipinski definition) is 6.